The first kappa shape index (κ1) is 19.3. The third kappa shape index (κ3) is 4.35. The molecule has 0 bridgehead atoms. The molecule has 0 unspecified atom stereocenters. The monoisotopic (exact) mass is 401 g/mol. The number of rotatable bonds is 6. The smallest absolute Gasteiger partial charge is 0.277 e. The van der Waals surface area contributed by atoms with Gasteiger partial charge in [0, 0.05) is 18.2 Å². The summed E-state index contributed by atoms with van der Waals surface area (Å²) in [6.07, 6.45) is 7.39. The summed E-state index contributed by atoms with van der Waals surface area (Å²) >= 11 is 1.33. The van der Waals surface area contributed by atoms with Crippen molar-refractivity contribution in [2.24, 2.45) is 5.92 Å². The number of piperidine rings is 1. The Labute approximate surface area is 170 Å². The molecule has 1 aromatic carbocycles. The Kier molecular flexibility index (Phi) is 6.20. The predicted octanol–water partition coefficient (Wildman–Crippen LogP) is 4.41. The maximum atomic E-state index is 12.8. The molecule has 0 spiro atoms. The van der Waals surface area contributed by atoms with E-state index in [1.807, 2.05) is 31.2 Å². The molecule has 7 heteroatoms. The summed E-state index contributed by atoms with van der Waals surface area (Å²) in [6, 6.07) is 8.01. The predicted molar refractivity (Wildman–Crippen MR) is 108 cm³/mol. The lowest BCUT2D eigenvalue weighted by molar-refractivity contribution is -0.134. The average Bonchev–Trinajstić information content (AvgIpc) is 3.21. The van der Waals surface area contributed by atoms with Gasteiger partial charge < -0.3 is 14.1 Å². The van der Waals surface area contributed by atoms with Crippen molar-refractivity contribution in [1.29, 1.82) is 0 Å². The Morgan fingerprint density at radius 1 is 1.18 bits per heavy atom. The SMILES string of the molecule is CCOc1ccc(-c2nnc(SCC(=O)N3CCC[C@H]4CCCC[C@H]43)o2)cc1. The molecule has 6 nitrogen and oxygen atoms in total. The average molecular weight is 402 g/mol. The first-order valence-electron chi connectivity index (χ1n) is 10.2. The number of nitrogens with zero attached hydrogens (tertiary/aromatic N) is 3. The van der Waals surface area contributed by atoms with Crippen molar-refractivity contribution in [1.82, 2.24) is 15.1 Å². The lowest BCUT2D eigenvalue weighted by atomic mass is 9.78. The fourth-order valence-electron chi connectivity index (χ4n) is 4.39. The minimum Gasteiger partial charge on any atom is -0.494 e. The van der Waals surface area contributed by atoms with Gasteiger partial charge in [-0.3, -0.25) is 4.79 Å². The van der Waals surface area contributed by atoms with Crippen LogP contribution in [0.5, 0.6) is 5.75 Å². The molecule has 0 radical (unpaired) electrons. The van der Waals surface area contributed by atoms with E-state index in [4.69, 9.17) is 9.15 Å². The van der Waals surface area contributed by atoms with Crippen LogP contribution in [0.25, 0.3) is 11.5 Å². The second-order valence-corrected chi connectivity index (χ2v) is 8.39. The lowest BCUT2D eigenvalue weighted by Crippen LogP contribution is -2.50. The number of hydrogen-bond acceptors (Lipinski definition) is 6. The highest BCUT2D eigenvalue weighted by Gasteiger charge is 2.35. The first-order valence-corrected chi connectivity index (χ1v) is 11.2. The fourth-order valence-corrected chi connectivity index (χ4v) is 5.04. The van der Waals surface area contributed by atoms with Crippen molar-refractivity contribution in [2.75, 3.05) is 18.9 Å². The summed E-state index contributed by atoms with van der Waals surface area (Å²) in [5, 5.41) is 8.65. The van der Waals surface area contributed by atoms with Crippen LogP contribution in [0.4, 0.5) is 0 Å². The zero-order chi connectivity index (χ0) is 19.3. The van der Waals surface area contributed by atoms with E-state index < -0.39 is 0 Å². The van der Waals surface area contributed by atoms with Crippen molar-refractivity contribution >= 4 is 17.7 Å². The number of hydrogen-bond donors (Lipinski definition) is 0. The Bertz CT molecular complexity index is 790. The van der Waals surface area contributed by atoms with Crippen LogP contribution < -0.4 is 4.74 Å². The van der Waals surface area contributed by atoms with Crippen molar-refractivity contribution in [3.8, 4) is 17.2 Å². The number of thioether (sulfide) groups is 1. The number of aromatic nitrogens is 2. The highest BCUT2D eigenvalue weighted by Crippen LogP contribution is 2.35. The number of ether oxygens (including phenoxy) is 1. The Morgan fingerprint density at radius 3 is 2.79 bits per heavy atom. The van der Waals surface area contributed by atoms with Gasteiger partial charge in [-0.25, -0.2) is 0 Å². The van der Waals surface area contributed by atoms with Crippen LogP contribution in [0.3, 0.4) is 0 Å². The molecule has 28 heavy (non-hydrogen) atoms. The molecule has 2 fully saturated rings. The Hall–Kier alpha value is -2.02. The number of carbonyl (C=O) groups is 1. The number of carbonyl (C=O) groups excluding carboxylic acids is 1. The van der Waals surface area contributed by atoms with Gasteiger partial charge in [-0.1, -0.05) is 24.6 Å². The summed E-state index contributed by atoms with van der Waals surface area (Å²) in [5.74, 6) is 2.53. The molecule has 2 aliphatic rings. The zero-order valence-corrected chi connectivity index (χ0v) is 17.1. The quantitative estimate of drug-likeness (QED) is 0.668. The molecular formula is C21H27N3O3S. The Morgan fingerprint density at radius 2 is 1.96 bits per heavy atom. The van der Waals surface area contributed by atoms with Gasteiger partial charge >= 0.3 is 0 Å². The number of likely N-dealkylation sites (tertiary alicyclic amines) is 1. The van der Waals surface area contributed by atoms with E-state index in [0.717, 1.165) is 30.7 Å². The van der Waals surface area contributed by atoms with Crippen LogP contribution in [0, 0.1) is 5.92 Å². The molecule has 2 aromatic rings. The molecule has 1 amide bonds. The topological polar surface area (TPSA) is 68.5 Å². The van der Waals surface area contributed by atoms with Gasteiger partial charge in [-0.15, -0.1) is 10.2 Å². The van der Waals surface area contributed by atoms with E-state index in [1.165, 1.54) is 37.4 Å². The summed E-state index contributed by atoms with van der Waals surface area (Å²) in [6.45, 7) is 3.48. The highest BCUT2D eigenvalue weighted by atomic mass is 32.2. The van der Waals surface area contributed by atoms with Crippen molar-refractivity contribution in [3.63, 3.8) is 0 Å². The van der Waals surface area contributed by atoms with Crippen LogP contribution in [0.15, 0.2) is 33.9 Å². The highest BCUT2D eigenvalue weighted by molar-refractivity contribution is 7.99. The summed E-state index contributed by atoms with van der Waals surface area (Å²) < 4.78 is 11.2. The Balaban J connectivity index is 1.34. The third-order valence-electron chi connectivity index (χ3n) is 5.70. The van der Waals surface area contributed by atoms with Crippen LogP contribution in [-0.4, -0.2) is 46.0 Å². The summed E-state index contributed by atoms with van der Waals surface area (Å²) in [7, 11) is 0. The number of amides is 1. The third-order valence-corrected chi connectivity index (χ3v) is 6.50. The van der Waals surface area contributed by atoms with Gasteiger partial charge in [0.25, 0.3) is 5.22 Å². The minimum absolute atomic E-state index is 0.197. The molecule has 2 heterocycles. The van der Waals surface area contributed by atoms with Gasteiger partial charge in [0.1, 0.15) is 5.75 Å². The molecule has 1 aliphatic carbocycles. The maximum Gasteiger partial charge on any atom is 0.277 e. The van der Waals surface area contributed by atoms with Crippen molar-refractivity contribution in [3.05, 3.63) is 24.3 Å². The van der Waals surface area contributed by atoms with Crippen LogP contribution in [0.1, 0.15) is 45.4 Å². The first-order chi connectivity index (χ1) is 13.7. The van der Waals surface area contributed by atoms with E-state index in [9.17, 15) is 4.79 Å². The van der Waals surface area contributed by atoms with E-state index in [1.54, 1.807) is 0 Å². The van der Waals surface area contributed by atoms with Gasteiger partial charge in [0.15, 0.2) is 0 Å². The molecular weight excluding hydrogens is 374 g/mol. The molecule has 0 N–H and O–H groups in total. The largest absolute Gasteiger partial charge is 0.494 e. The molecule has 1 aromatic heterocycles. The number of fused-ring (bicyclic) bond motifs is 1. The van der Waals surface area contributed by atoms with Crippen molar-refractivity contribution in [2.45, 2.75) is 56.7 Å². The molecule has 150 valence electrons. The molecule has 2 atom stereocenters. The standard InChI is InChI=1S/C21H27N3O3S/c1-2-26-17-11-9-16(10-12-17)20-22-23-21(27-20)28-14-19(25)24-13-5-7-15-6-3-4-8-18(15)24/h9-12,15,18H,2-8,13-14H2,1H3/t15-,18-/m1/s1. The maximum absolute atomic E-state index is 12.8. The van der Waals surface area contributed by atoms with Crippen molar-refractivity contribution < 1.29 is 13.9 Å². The van der Waals surface area contributed by atoms with Gasteiger partial charge in [0.2, 0.25) is 11.8 Å². The summed E-state index contributed by atoms with van der Waals surface area (Å²) in [4.78, 5) is 14.9. The van der Waals surface area contributed by atoms with E-state index in [-0.39, 0.29) is 5.91 Å². The van der Waals surface area contributed by atoms with Crippen LogP contribution in [-0.2, 0) is 4.79 Å². The molecule has 1 saturated carbocycles. The second-order valence-electron chi connectivity index (χ2n) is 7.46. The van der Waals surface area contributed by atoms with Crippen LogP contribution >= 0.6 is 11.8 Å². The summed E-state index contributed by atoms with van der Waals surface area (Å²) in [5.41, 5.74) is 0.843. The molecule has 4 rings (SSSR count). The van der Waals surface area contributed by atoms with E-state index in [2.05, 4.69) is 15.1 Å². The van der Waals surface area contributed by atoms with Gasteiger partial charge in [-0.2, -0.15) is 0 Å². The molecule has 1 saturated heterocycles. The minimum atomic E-state index is 0.197. The lowest BCUT2D eigenvalue weighted by Gasteiger charge is -2.44. The normalized spacial score (nSPS) is 22.0. The van der Waals surface area contributed by atoms with E-state index >= 15 is 0 Å². The van der Waals surface area contributed by atoms with Gasteiger partial charge in [0.05, 0.1) is 12.4 Å². The van der Waals surface area contributed by atoms with Gasteiger partial charge in [-0.05, 0) is 62.8 Å². The second kappa shape index (κ2) is 8.99. The van der Waals surface area contributed by atoms with Crippen LogP contribution in [0.2, 0.25) is 0 Å². The zero-order valence-electron chi connectivity index (χ0n) is 16.3. The fraction of sp³-hybridized carbons (Fsp3) is 0.571. The molecule has 1 aliphatic heterocycles. The number of benzene rings is 1. The van der Waals surface area contributed by atoms with E-state index in [0.29, 0.717) is 35.4 Å².